The lowest BCUT2D eigenvalue weighted by Crippen LogP contribution is -2.29. The smallest absolute Gasteiger partial charge is 0.271 e. The maximum Gasteiger partial charge on any atom is 0.307 e. The van der Waals surface area contributed by atoms with Gasteiger partial charge in [-0.3, -0.25) is 19.6 Å². The number of nitro groups is 1. The van der Waals surface area contributed by atoms with Crippen LogP contribution in [0.1, 0.15) is 30.6 Å². The molecule has 0 aliphatic carbocycles. The van der Waals surface area contributed by atoms with Crippen LogP contribution in [-0.4, -0.2) is 36.6 Å². The van der Waals surface area contributed by atoms with Gasteiger partial charge >= 0.3 is 5.69 Å². The summed E-state index contributed by atoms with van der Waals surface area (Å²) in [6, 6.07) is -0.768. The van der Waals surface area contributed by atoms with Crippen molar-refractivity contribution in [1.82, 2.24) is 25.0 Å². The largest absolute Gasteiger partial charge is 0.307 e. The summed E-state index contributed by atoms with van der Waals surface area (Å²) in [7, 11) is 1.45. The highest BCUT2D eigenvalue weighted by Crippen LogP contribution is 2.16. The fourth-order valence-corrected chi connectivity index (χ4v) is 2.11. The van der Waals surface area contributed by atoms with Crippen molar-refractivity contribution in [2.45, 2.75) is 26.3 Å². The van der Waals surface area contributed by atoms with Gasteiger partial charge < -0.3 is 0 Å². The van der Waals surface area contributed by atoms with Gasteiger partial charge in [0.05, 0.1) is 22.4 Å². The Hall–Kier alpha value is -3.11. The van der Waals surface area contributed by atoms with Crippen LogP contribution < -0.4 is 5.43 Å². The Kier molecular flexibility index (Phi) is 5.02. The highest BCUT2D eigenvalue weighted by atomic mass is 19.1. The lowest BCUT2D eigenvalue weighted by molar-refractivity contribution is -0.385. The molecule has 24 heavy (non-hydrogen) atoms. The van der Waals surface area contributed by atoms with Crippen LogP contribution in [0.25, 0.3) is 0 Å². The molecule has 2 aromatic rings. The SMILES string of the molecule is CCC(C(=O)NN=Cc1c(C)nn(C)c1F)n1cc([N+](=O)[O-])cn1. The Bertz CT molecular complexity index is 796. The number of nitrogens with one attached hydrogen (secondary N) is 1. The topological polar surface area (TPSA) is 120 Å². The van der Waals surface area contributed by atoms with E-state index in [9.17, 15) is 19.3 Å². The third-order valence-electron chi connectivity index (χ3n) is 3.37. The molecule has 2 heterocycles. The first-order chi connectivity index (χ1) is 11.3. The van der Waals surface area contributed by atoms with Gasteiger partial charge in [-0.05, 0) is 13.3 Å². The number of hydrogen-bond donors (Lipinski definition) is 1. The third kappa shape index (κ3) is 3.45. The number of aromatic nitrogens is 4. The second-order valence-corrected chi connectivity index (χ2v) is 5.01. The van der Waals surface area contributed by atoms with E-state index in [2.05, 4.69) is 20.7 Å². The number of rotatable bonds is 6. The molecule has 0 aliphatic heterocycles. The molecule has 0 aliphatic rings. The molecule has 0 saturated carbocycles. The number of hydrogen-bond acceptors (Lipinski definition) is 6. The summed E-state index contributed by atoms with van der Waals surface area (Å²) in [6.07, 6.45) is 3.74. The van der Waals surface area contributed by atoms with Crippen molar-refractivity contribution in [3.8, 4) is 0 Å². The molecule has 11 heteroatoms. The Balaban J connectivity index is 2.09. The molecule has 0 spiro atoms. The van der Waals surface area contributed by atoms with Crippen LogP contribution in [0, 0.1) is 23.0 Å². The summed E-state index contributed by atoms with van der Waals surface area (Å²) < 4.78 is 16.0. The summed E-state index contributed by atoms with van der Waals surface area (Å²) in [5.74, 6) is -1.09. The van der Waals surface area contributed by atoms with Gasteiger partial charge in [0.25, 0.3) is 5.91 Å². The first kappa shape index (κ1) is 17.2. The molecule has 1 N–H and O–H groups in total. The molecular weight excluding hydrogens is 321 g/mol. The lowest BCUT2D eigenvalue weighted by Gasteiger charge is -2.12. The predicted octanol–water partition coefficient (Wildman–Crippen LogP) is 1.07. The van der Waals surface area contributed by atoms with E-state index < -0.39 is 22.8 Å². The minimum Gasteiger partial charge on any atom is -0.271 e. The Morgan fingerprint density at radius 1 is 1.62 bits per heavy atom. The van der Waals surface area contributed by atoms with Crippen molar-refractivity contribution >= 4 is 17.8 Å². The Morgan fingerprint density at radius 2 is 2.33 bits per heavy atom. The average Bonchev–Trinajstić information content (AvgIpc) is 3.09. The predicted molar refractivity (Wildman–Crippen MR) is 81.8 cm³/mol. The normalized spacial score (nSPS) is 12.5. The van der Waals surface area contributed by atoms with Crippen LogP contribution in [0.2, 0.25) is 0 Å². The first-order valence-electron chi connectivity index (χ1n) is 7.05. The van der Waals surface area contributed by atoms with E-state index in [0.717, 1.165) is 17.1 Å². The third-order valence-corrected chi connectivity index (χ3v) is 3.37. The molecule has 1 amide bonds. The molecule has 0 fully saturated rings. The quantitative estimate of drug-likeness (QED) is 0.480. The highest BCUT2D eigenvalue weighted by Gasteiger charge is 2.21. The summed E-state index contributed by atoms with van der Waals surface area (Å²) in [4.78, 5) is 22.2. The van der Waals surface area contributed by atoms with Crippen LogP contribution in [0.5, 0.6) is 0 Å². The molecule has 1 unspecified atom stereocenters. The molecule has 0 bridgehead atoms. The van der Waals surface area contributed by atoms with Gasteiger partial charge in [-0.15, -0.1) is 0 Å². The van der Waals surface area contributed by atoms with Gasteiger partial charge in [-0.2, -0.15) is 19.7 Å². The van der Waals surface area contributed by atoms with Crippen LogP contribution >= 0.6 is 0 Å². The van der Waals surface area contributed by atoms with Gasteiger partial charge in [-0.1, -0.05) is 6.92 Å². The zero-order chi connectivity index (χ0) is 17.9. The molecular formula is C13H16FN7O3. The highest BCUT2D eigenvalue weighted by molar-refractivity contribution is 5.84. The summed E-state index contributed by atoms with van der Waals surface area (Å²) in [6.45, 7) is 3.34. The van der Waals surface area contributed by atoms with Crippen LogP contribution in [0.15, 0.2) is 17.5 Å². The van der Waals surface area contributed by atoms with Gasteiger partial charge in [0.15, 0.2) is 0 Å². The zero-order valence-electron chi connectivity index (χ0n) is 13.3. The molecule has 0 radical (unpaired) electrons. The first-order valence-corrected chi connectivity index (χ1v) is 7.05. The van der Waals surface area contributed by atoms with E-state index in [1.165, 1.54) is 17.9 Å². The summed E-state index contributed by atoms with van der Waals surface area (Å²) in [5.41, 5.74) is 2.67. The molecule has 10 nitrogen and oxygen atoms in total. The van der Waals surface area contributed by atoms with Crippen molar-refractivity contribution in [2.24, 2.45) is 12.1 Å². The summed E-state index contributed by atoms with van der Waals surface area (Å²) in [5, 5.41) is 22.1. The van der Waals surface area contributed by atoms with Crippen molar-refractivity contribution < 1.29 is 14.1 Å². The number of carbonyl (C=O) groups excluding carboxylic acids is 1. The minimum atomic E-state index is -0.768. The van der Waals surface area contributed by atoms with E-state index in [0.29, 0.717) is 12.1 Å². The molecule has 2 aromatic heterocycles. The number of halogens is 1. The maximum atomic E-state index is 13.7. The number of carbonyl (C=O) groups is 1. The van der Waals surface area contributed by atoms with E-state index >= 15 is 0 Å². The second kappa shape index (κ2) is 6.98. The Morgan fingerprint density at radius 3 is 2.83 bits per heavy atom. The average molecular weight is 337 g/mol. The minimum absolute atomic E-state index is 0.167. The Labute approximate surface area is 136 Å². The van der Waals surface area contributed by atoms with Gasteiger partial charge in [0, 0.05) is 7.05 Å². The standard InChI is InChI=1S/C13H16FN7O3/c1-4-11(20-7-9(5-16-20)21(23)24)13(22)17-15-6-10-8(2)18-19(3)12(10)14/h5-7,11H,4H2,1-3H3,(H,17,22). The number of nitrogens with zero attached hydrogens (tertiary/aromatic N) is 6. The van der Waals surface area contributed by atoms with E-state index in [1.54, 1.807) is 13.8 Å². The van der Waals surface area contributed by atoms with E-state index in [1.807, 2.05) is 0 Å². The second-order valence-electron chi connectivity index (χ2n) is 5.01. The maximum absolute atomic E-state index is 13.7. The van der Waals surface area contributed by atoms with Crippen molar-refractivity contribution in [1.29, 1.82) is 0 Å². The van der Waals surface area contributed by atoms with E-state index in [-0.39, 0.29) is 11.3 Å². The number of hydrazone groups is 1. The van der Waals surface area contributed by atoms with E-state index in [4.69, 9.17) is 0 Å². The number of aryl methyl sites for hydroxylation is 2. The number of amides is 1. The molecule has 0 saturated heterocycles. The van der Waals surface area contributed by atoms with Crippen LogP contribution in [0.4, 0.5) is 10.1 Å². The van der Waals surface area contributed by atoms with Gasteiger partial charge in [0.2, 0.25) is 5.95 Å². The molecule has 0 aromatic carbocycles. The molecule has 1 atom stereocenters. The van der Waals surface area contributed by atoms with Crippen LogP contribution in [-0.2, 0) is 11.8 Å². The van der Waals surface area contributed by atoms with Crippen LogP contribution in [0.3, 0.4) is 0 Å². The zero-order valence-corrected chi connectivity index (χ0v) is 13.3. The van der Waals surface area contributed by atoms with Gasteiger partial charge in [0.1, 0.15) is 18.4 Å². The fraction of sp³-hybridized carbons (Fsp3) is 0.385. The lowest BCUT2D eigenvalue weighted by atomic mass is 10.2. The monoisotopic (exact) mass is 337 g/mol. The van der Waals surface area contributed by atoms with Crippen molar-refractivity contribution in [3.63, 3.8) is 0 Å². The fourth-order valence-electron chi connectivity index (χ4n) is 2.11. The van der Waals surface area contributed by atoms with Crippen molar-refractivity contribution in [2.75, 3.05) is 0 Å². The summed E-state index contributed by atoms with van der Waals surface area (Å²) >= 11 is 0. The molecule has 128 valence electrons. The molecule has 2 rings (SSSR count). The van der Waals surface area contributed by atoms with Gasteiger partial charge in [-0.25, -0.2) is 10.1 Å². The van der Waals surface area contributed by atoms with Crippen molar-refractivity contribution in [3.05, 3.63) is 39.7 Å².